The number of nitrogens with zero attached hydrogens (tertiary/aromatic N) is 1. The number of carbonyl (C=O) groups is 2. The molecule has 1 aromatic carbocycles. The fourth-order valence-corrected chi connectivity index (χ4v) is 2.03. The molecule has 0 bridgehead atoms. The minimum absolute atomic E-state index is 0.0435. The van der Waals surface area contributed by atoms with Crippen molar-refractivity contribution in [3.05, 3.63) is 29.0 Å². The SMILES string of the molecule is CC(=O)N(CCC(=O)Nc1ccc(F)c(Cl)c1)CC(C)C. The first-order chi connectivity index (χ1) is 9.79. The Hall–Kier alpha value is -1.62. The number of hydrogen-bond donors (Lipinski definition) is 1. The normalized spacial score (nSPS) is 10.6. The molecule has 0 spiro atoms. The maximum absolute atomic E-state index is 13.0. The molecule has 0 atom stereocenters. The van der Waals surface area contributed by atoms with Gasteiger partial charge in [0.15, 0.2) is 0 Å². The molecule has 0 aromatic heterocycles. The number of carbonyl (C=O) groups excluding carboxylic acids is 2. The Kier molecular flexibility index (Phi) is 6.62. The van der Waals surface area contributed by atoms with E-state index >= 15 is 0 Å². The maximum atomic E-state index is 13.0. The second kappa shape index (κ2) is 7.98. The zero-order chi connectivity index (χ0) is 16.0. The summed E-state index contributed by atoms with van der Waals surface area (Å²) in [4.78, 5) is 24.9. The first-order valence-electron chi connectivity index (χ1n) is 6.80. The Morgan fingerprint density at radius 2 is 2.05 bits per heavy atom. The number of rotatable bonds is 6. The third kappa shape index (κ3) is 6.12. The molecule has 0 aliphatic heterocycles. The van der Waals surface area contributed by atoms with E-state index in [2.05, 4.69) is 5.32 Å². The molecular formula is C15H20ClFN2O2. The number of amides is 2. The van der Waals surface area contributed by atoms with E-state index in [1.807, 2.05) is 13.8 Å². The first-order valence-corrected chi connectivity index (χ1v) is 7.17. The minimum atomic E-state index is -0.533. The lowest BCUT2D eigenvalue weighted by Gasteiger charge is -2.22. The van der Waals surface area contributed by atoms with Gasteiger partial charge >= 0.3 is 0 Å². The number of halogens is 2. The molecule has 1 aromatic rings. The van der Waals surface area contributed by atoms with Crippen LogP contribution in [0.15, 0.2) is 18.2 Å². The molecule has 21 heavy (non-hydrogen) atoms. The van der Waals surface area contributed by atoms with E-state index in [1.54, 1.807) is 4.90 Å². The molecule has 116 valence electrons. The summed E-state index contributed by atoms with van der Waals surface area (Å²) >= 11 is 5.64. The molecule has 2 amide bonds. The number of benzene rings is 1. The van der Waals surface area contributed by atoms with Crippen molar-refractivity contribution < 1.29 is 14.0 Å². The van der Waals surface area contributed by atoms with Crippen LogP contribution in [0.2, 0.25) is 5.02 Å². The zero-order valence-corrected chi connectivity index (χ0v) is 13.2. The topological polar surface area (TPSA) is 49.4 Å². The molecule has 1 N–H and O–H groups in total. The van der Waals surface area contributed by atoms with Gasteiger partial charge in [0.2, 0.25) is 11.8 Å². The Morgan fingerprint density at radius 3 is 2.57 bits per heavy atom. The van der Waals surface area contributed by atoms with Crippen LogP contribution in [-0.2, 0) is 9.59 Å². The van der Waals surface area contributed by atoms with E-state index in [0.717, 1.165) is 0 Å². The van der Waals surface area contributed by atoms with E-state index in [-0.39, 0.29) is 23.3 Å². The van der Waals surface area contributed by atoms with Crippen molar-refractivity contribution in [1.29, 1.82) is 0 Å². The van der Waals surface area contributed by atoms with Gasteiger partial charge in [-0.1, -0.05) is 25.4 Å². The summed E-state index contributed by atoms with van der Waals surface area (Å²) in [7, 11) is 0. The molecule has 0 saturated heterocycles. The number of hydrogen-bond acceptors (Lipinski definition) is 2. The lowest BCUT2D eigenvalue weighted by molar-refractivity contribution is -0.129. The van der Waals surface area contributed by atoms with Crippen LogP contribution in [0.1, 0.15) is 27.2 Å². The summed E-state index contributed by atoms with van der Waals surface area (Å²) in [5.41, 5.74) is 0.435. The van der Waals surface area contributed by atoms with Crippen LogP contribution in [0.3, 0.4) is 0 Å². The monoisotopic (exact) mass is 314 g/mol. The predicted molar refractivity (Wildman–Crippen MR) is 81.7 cm³/mol. The van der Waals surface area contributed by atoms with Gasteiger partial charge in [0.05, 0.1) is 5.02 Å². The smallest absolute Gasteiger partial charge is 0.226 e. The quantitative estimate of drug-likeness (QED) is 0.875. The average Bonchev–Trinajstić information content (AvgIpc) is 2.38. The van der Waals surface area contributed by atoms with Crippen molar-refractivity contribution in [1.82, 2.24) is 4.90 Å². The minimum Gasteiger partial charge on any atom is -0.342 e. The van der Waals surface area contributed by atoms with Gasteiger partial charge in [-0.15, -0.1) is 0 Å². The second-order valence-corrected chi connectivity index (χ2v) is 5.69. The molecule has 0 aliphatic rings. The largest absolute Gasteiger partial charge is 0.342 e. The molecule has 0 radical (unpaired) electrons. The summed E-state index contributed by atoms with van der Waals surface area (Å²) in [6.45, 7) is 6.48. The van der Waals surface area contributed by atoms with Crippen molar-refractivity contribution in [2.24, 2.45) is 5.92 Å². The molecule has 6 heteroatoms. The molecule has 0 fully saturated rings. The Morgan fingerprint density at radius 1 is 1.38 bits per heavy atom. The van der Waals surface area contributed by atoms with Crippen molar-refractivity contribution in [2.75, 3.05) is 18.4 Å². The van der Waals surface area contributed by atoms with Crippen molar-refractivity contribution in [3.63, 3.8) is 0 Å². The van der Waals surface area contributed by atoms with Crippen LogP contribution in [-0.4, -0.2) is 29.8 Å². The summed E-state index contributed by atoms with van der Waals surface area (Å²) in [5.74, 6) is -0.490. The Balaban J connectivity index is 2.52. The van der Waals surface area contributed by atoms with E-state index in [1.165, 1.54) is 25.1 Å². The van der Waals surface area contributed by atoms with Gasteiger partial charge in [-0.05, 0) is 24.1 Å². The van der Waals surface area contributed by atoms with E-state index in [4.69, 9.17) is 11.6 Å². The van der Waals surface area contributed by atoms with Crippen molar-refractivity contribution >= 4 is 29.1 Å². The maximum Gasteiger partial charge on any atom is 0.226 e. The predicted octanol–water partition coefficient (Wildman–Crippen LogP) is 3.31. The fourth-order valence-electron chi connectivity index (χ4n) is 1.85. The fraction of sp³-hybridized carbons (Fsp3) is 0.467. The van der Waals surface area contributed by atoms with Crippen LogP contribution in [0.5, 0.6) is 0 Å². The average molecular weight is 315 g/mol. The molecule has 0 heterocycles. The third-order valence-electron chi connectivity index (χ3n) is 2.84. The summed E-state index contributed by atoms with van der Waals surface area (Å²) < 4.78 is 13.0. The van der Waals surface area contributed by atoms with Crippen LogP contribution >= 0.6 is 11.6 Å². The molecule has 4 nitrogen and oxygen atoms in total. The second-order valence-electron chi connectivity index (χ2n) is 5.29. The Labute approximate surface area is 129 Å². The highest BCUT2D eigenvalue weighted by Gasteiger charge is 2.13. The third-order valence-corrected chi connectivity index (χ3v) is 3.13. The van der Waals surface area contributed by atoms with Gasteiger partial charge in [0.1, 0.15) is 5.82 Å². The molecule has 0 saturated carbocycles. The van der Waals surface area contributed by atoms with Crippen LogP contribution in [0.25, 0.3) is 0 Å². The van der Waals surface area contributed by atoms with Gasteiger partial charge in [0.25, 0.3) is 0 Å². The van der Waals surface area contributed by atoms with E-state index in [0.29, 0.717) is 24.7 Å². The van der Waals surface area contributed by atoms with Gasteiger partial charge in [-0.25, -0.2) is 4.39 Å². The van der Waals surface area contributed by atoms with Gasteiger partial charge in [-0.3, -0.25) is 9.59 Å². The van der Waals surface area contributed by atoms with Crippen LogP contribution in [0, 0.1) is 11.7 Å². The summed E-state index contributed by atoms with van der Waals surface area (Å²) in [6, 6.07) is 3.99. The van der Waals surface area contributed by atoms with Crippen molar-refractivity contribution in [2.45, 2.75) is 27.2 Å². The van der Waals surface area contributed by atoms with Crippen molar-refractivity contribution in [3.8, 4) is 0 Å². The molecule has 0 aliphatic carbocycles. The van der Waals surface area contributed by atoms with E-state index in [9.17, 15) is 14.0 Å². The summed E-state index contributed by atoms with van der Waals surface area (Å²) in [5, 5.41) is 2.59. The van der Waals surface area contributed by atoms with Crippen LogP contribution < -0.4 is 5.32 Å². The van der Waals surface area contributed by atoms with Gasteiger partial charge in [-0.2, -0.15) is 0 Å². The number of nitrogens with one attached hydrogen (secondary N) is 1. The standard InChI is InChI=1S/C15H20ClFN2O2/c1-10(2)9-19(11(3)20)7-6-15(21)18-12-4-5-14(17)13(16)8-12/h4-5,8,10H,6-7,9H2,1-3H3,(H,18,21). The lowest BCUT2D eigenvalue weighted by Crippen LogP contribution is -2.34. The first kappa shape index (κ1) is 17.4. The molecular weight excluding hydrogens is 295 g/mol. The molecule has 0 unspecified atom stereocenters. The van der Waals surface area contributed by atoms with Gasteiger partial charge in [0, 0.05) is 32.1 Å². The highest BCUT2D eigenvalue weighted by molar-refractivity contribution is 6.31. The van der Waals surface area contributed by atoms with E-state index < -0.39 is 5.82 Å². The zero-order valence-electron chi connectivity index (χ0n) is 12.5. The summed E-state index contributed by atoms with van der Waals surface area (Å²) in [6.07, 6.45) is 0.182. The number of anilines is 1. The Bertz CT molecular complexity index is 520. The highest BCUT2D eigenvalue weighted by Crippen LogP contribution is 2.19. The van der Waals surface area contributed by atoms with Gasteiger partial charge < -0.3 is 10.2 Å². The van der Waals surface area contributed by atoms with Crippen LogP contribution in [0.4, 0.5) is 10.1 Å². The molecule has 1 rings (SSSR count). The lowest BCUT2D eigenvalue weighted by atomic mass is 10.2. The highest BCUT2D eigenvalue weighted by atomic mass is 35.5.